The fraction of sp³-hybridized carbons (Fsp3) is 0.627. The summed E-state index contributed by atoms with van der Waals surface area (Å²) in [5.41, 5.74) is 0. The van der Waals surface area contributed by atoms with Gasteiger partial charge in [0.25, 0.3) is 0 Å². The number of hydrogen-bond donors (Lipinski definition) is 0. The molecule has 0 bridgehead atoms. The van der Waals surface area contributed by atoms with Crippen molar-refractivity contribution in [2.24, 2.45) is 0 Å². The highest BCUT2D eigenvalue weighted by atomic mass is 16.6. The second kappa shape index (κ2) is 60.1. The van der Waals surface area contributed by atoms with E-state index in [4.69, 9.17) is 14.2 Å². The van der Waals surface area contributed by atoms with E-state index in [-0.39, 0.29) is 44.0 Å². The lowest BCUT2D eigenvalue weighted by molar-refractivity contribution is -0.166. The number of unbranched alkanes of at least 4 members (excludes halogenated alkanes) is 23. The molecule has 0 aliphatic carbocycles. The Kier molecular flexibility index (Phi) is 56.4. The first-order chi connectivity index (χ1) is 36.0. The molecule has 0 N–H and O–H groups in total. The van der Waals surface area contributed by atoms with Crippen LogP contribution in [0.3, 0.4) is 0 Å². The Morgan fingerprint density at radius 2 is 0.644 bits per heavy atom. The van der Waals surface area contributed by atoms with Gasteiger partial charge in [0.1, 0.15) is 13.2 Å². The molecule has 0 spiro atoms. The van der Waals surface area contributed by atoms with Gasteiger partial charge < -0.3 is 14.2 Å². The van der Waals surface area contributed by atoms with Crippen LogP contribution in [0, 0.1) is 0 Å². The molecule has 0 aliphatic heterocycles. The Hall–Kier alpha value is -4.45. The van der Waals surface area contributed by atoms with Crippen molar-refractivity contribution in [2.45, 2.75) is 258 Å². The summed E-state index contributed by atoms with van der Waals surface area (Å²) in [7, 11) is 0. The summed E-state index contributed by atoms with van der Waals surface area (Å²) in [6.07, 6.45) is 84.5. The summed E-state index contributed by atoms with van der Waals surface area (Å²) in [4.78, 5) is 38.2. The van der Waals surface area contributed by atoms with Crippen LogP contribution in [-0.2, 0) is 28.6 Å². The monoisotopic (exact) mass is 1010 g/mol. The number of allylic oxidation sites excluding steroid dienone is 22. The van der Waals surface area contributed by atoms with E-state index in [0.717, 1.165) is 103 Å². The largest absolute Gasteiger partial charge is 0.462 e. The van der Waals surface area contributed by atoms with Crippen LogP contribution in [0.5, 0.6) is 0 Å². The Balaban J connectivity index is 4.56. The molecule has 0 radical (unpaired) electrons. The zero-order valence-electron chi connectivity index (χ0n) is 47.1. The number of esters is 3. The van der Waals surface area contributed by atoms with Gasteiger partial charge in [-0.1, -0.05) is 289 Å². The van der Waals surface area contributed by atoms with E-state index in [0.29, 0.717) is 12.8 Å². The van der Waals surface area contributed by atoms with Crippen LogP contribution >= 0.6 is 0 Å². The first kappa shape index (κ1) is 68.6. The fourth-order valence-electron chi connectivity index (χ4n) is 7.85. The molecule has 0 aliphatic rings. The number of carbonyl (C=O) groups is 3. The van der Waals surface area contributed by atoms with Crippen molar-refractivity contribution in [3.63, 3.8) is 0 Å². The van der Waals surface area contributed by atoms with Gasteiger partial charge in [0.2, 0.25) is 0 Å². The molecule has 6 heteroatoms. The lowest BCUT2D eigenvalue weighted by Gasteiger charge is -2.18. The lowest BCUT2D eigenvalue weighted by atomic mass is 10.0. The van der Waals surface area contributed by atoms with E-state index < -0.39 is 6.10 Å². The van der Waals surface area contributed by atoms with Crippen LogP contribution in [0.2, 0.25) is 0 Å². The van der Waals surface area contributed by atoms with Crippen molar-refractivity contribution in [1.29, 1.82) is 0 Å². The summed E-state index contributed by atoms with van der Waals surface area (Å²) < 4.78 is 16.8. The fourth-order valence-corrected chi connectivity index (χ4v) is 7.85. The molecular formula is C67H108O6. The summed E-state index contributed by atoms with van der Waals surface area (Å²) in [6, 6.07) is 0. The summed E-state index contributed by atoms with van der Waals surface area (Å²) in [6.45, 7) is 6.36. The Bertz CT molecular complexity index is 1580. The normalized spacial score (nSPS) is 13.1. The molecule has 73 heavy (non-hydrogen) atoms. The molecule has 6 nitrogen and oxygen atoms in total. The van der Waals surface area contributed by atoms with Gasteiger partial charge >= 0.3 is 17.9 Å². The molecule has 0 aromatic rings. The number of rotatable bonds is 52. The van der Waals surface area contributed by atoms with Crippen molar-refractivity contribution in [2.75, 3.05) is 13.2 Å². The zero-order valence-corrected chi connectivity index (χ0v) is 47.1. The predicted octanol–water partition coefficient (Wildman–Crippen LogP) is 20.2. The van der Waals surface area contributed by atoms with Crippen LogP contribution in [0.25, 0.3) is 0 Å². The number of hydrogen-bond acceptors (Lipinski definition) is 6. The number of carbonyl (C=O) groups excluding carboxylic acids is 3. The molecule has 0 aromatic carbocycles. The predicted molar refractivity (Wildman–Crippen MR) is 316 cm³/mol. The minimum Gasteiger partial charge on any atom is -0.462 e. The molecule has 1 atom stereocenters. The van der Waals surface area contributed by atoms with Crippen LogP contribution in [-0.4, -0.2) is 37.2 Å². The van der Waals surface area contributed by atoms with Gasteiger partial charge in [0.15, 0.2) is 6.10 Å². The maximum absolute atomic E-state index is 12.9. The highest BCUT2D eigenvalue weighted by Gasteiger charge is 2.19. The second-order valence-corrected chi connectivity index (χ2v) is 19.3. The van der Waals surface area contributed by atoms with Crippen molar-refractivity contribution in [3.8, 4) is 0 Å². The van der Waals surface area contributed by atoms with E-state index >= 15 is 0 Å². The molecule has 0 amide bonds. The molecule has 0 fully saturated rings. The SMILES string of the molecule is CC/C=C\C/C=C\C/C=C\C/C=C\C/C=C\C/C=C\CCC(=O)OCC(COC(=O)CCCCCCCCCCCCCCCCCCCC)OC(=O)CCCCCCC\C=C/C=C\C=C/C=C\C=C/CCC. The standard InChI is InChI=1S/C67H108O6/c1-4-7-10-13-16-19-22-25-28-31-34-37-39-42-45-48-51-54-57-60-66(69)72-63-64(73-67(70)61-58-55-52-49-46-43-40-36-33-30-27-24-21-18-15-12-9-6-3)62-71-65(68)59-56-53-50-47-44-41-38-35-32-29-26-23-20-17-14-11-8-5-2/h7,10,12,15-16,18-19,21,24-25,27-28,30,33-34,36-37,40,42,45,51,54,64H,4-6,8-9,11,13-14,17,20,22-23,26,29,31-32,35,38-39,41,43-44,46-50,52-53,55-63H2,1-3H3/b10-7-,15-12-,19-16-,21-18-,27-24-,28-25-,33-30-,37-34-,40-36-,45-42-,54-51-. The summed E-state index contributed by atoms with van der Waals surface area (Å²) in [5.74, 6) is -1.03. The van der Waals surface area contributed by atoms with Gasteiger partial charge in [-0.3, -0.25) is 14.4 Å². The topological polar surface area (TPSA) is 78.9 Å². The quantitative estimate of drug-likeness (QED) is 0.0199. The third-order valence-electron chi connectivity index (χ3n) is 12.3. The van der Waals surface area contributed by atoms with Gasteiger partial charge in [-0.2, -0.15) is 0 Å². The first-order valence-electron chi connectivity index (χ1n) is 29.8. The summed E-state index contributed by atoms with van der Waals surface area (Å²) in [5, 5.41) is 0. The minimum absolute atomic E-state index is 0.114. The van der Waals surface area contributed by atoms with Crippen LogP contribution in [0.15, 0.2) is 134 Å². The summed E-state index contributed by atoms with van der Waals surface area (Å²) >= 11 is 0. The van der Waals surface area contributed by atoms with E-state index in [2.05, 4.69) is 124 Å². The third kappa shape index (κ3) is 58.3. The molecule has 1 unspecified atom stereocenters. The third-order valence-corrected chi connectivity index (χ3v) is 12.3. The molecule has 0 heterocycles. The van der Waals surface area contributed by atoms with E-state index in [1.54, 1.807) is 0 Å². The van der Waals surface area contributed by atoms with Gasteiger partial charge in [0.05, 0.1) is 0 Å². The van der Waals surface area contributed by atoms with Gasteiger partial charge in [-0.25, -0.2) is 0 Å². The molecule has 0 rings (SSSR count). The van der Waals surface area contributed by atoms with Crippen molar-refractivity contribution in [1.82, 2.24) is 0 Å². The molecular weight excluding hydrogens is 901 g/mol. The Morgan fingerprint density at radius 1 is 0.301 bits per heavy atom. The van der Waals surface area contributed by atoms with Gasteiger partial charge in [-0.05, 0) is 77.0 Å². The highest BCUT2D eigenvalue weighted by Crippen LogP contribution is 2.16. The highest BCUT2D eigenvalue weighted by molar-refractivity contribution is 5.71. The van der Waals surface area contributed by atoms with E-state index in [1.165, 1.54) is 103 Å². The molecule has 412 valence electrons. The van der Waals surface area contributed by atoms with Crippen LogP contribution in [0.1, 0.15) is 252 Å². The maximum Gasteiger partial charge on any atom is 0.306 e. The average molecular weight is 1010 g/mol. The van der Waals surface area contributed by atoms with E-state index in [9.17, 15) is 14.4 Å². The van der Waals surface area contributed by atoms with Crippen LogP contribution in [0.4, 0.5) is 0 Å². The van der Waals surface area contributed by atoms with Gasteiger partial charge in [-0.15, -0.1) is 0 Å². The lowest BCUT2D eigenvalue weighted by Crippen LogP contribution is -2.30. The molecule has 0 saturated carbocycles. The minimum atomic E-state index is -0.827. The van der Waals surface area contributed by atoms with Crippen molar-refractivity contribution < 1.29 is 28.6 Å². The van der Waals surface area contributed by atoms with E-state index in [1.807, 2.05) is 30.4 Å². The molecule has 0 saturated heterocycles. The Morgan fingerprint density at radius 3 is 1.07 bits per heavy atom. The second-order valence-electron chi connectivity index (χ2n) is 19.3. The van der Waals surface area contributed by atoms with Gasteiger partial charge in [0, 0.05) is 19.3 Å². The van der Waals surface area contributed by atoms with Crippen molar-refractivity contribution >= 4 is 17.9 Å². The number of ether oxygens (including phenoxy) is 3. The first-order valence-corrected chi connectivity index (χ1v) is 29.8. The van der Waals surface area contributed by atoms with Crippen molar-refractivity contribution in [3.05, 3.63) is 134 Å². The average Bonchev–Trinajstić information content (AvgIpc) is 3.39. The smallest absolute Gasteiger partial charge is 0.306 e. The Labute approximate surface area is 449 Å². The van der Waals surface area contributed by atoms with Crippen LogP contribution < -0.4 is 0 Å². The maximum atomic E-state index is 12.9. The zero-order chi connectivity index (χ0) is 52.9. The molecule has 0 aromatic heterocycles.